The van der Waals surface area contributed by atoms with Crippen molar-refractivity contribution in [2.45, 2.75) is 6.61 Å². The lowest BCUT2D eigenvalue weighted by atomic mass is 10.1. The zero-order valence-electron chi connectivity index (χ0n) is 18.7. The van der Waals surface area contributed by atoms with Gasteiger partial charge < -0.3 is 24.8 Å². The van der Waals surface area contributed by atoms with Crippen LogP contribution in [0.4, 0.5) is 17.5 Å². The molecule has 0 unspecified atom stereocenters. The van der Waals surface area contributed by atoms with Gasteiger partial charge in [0.2, 0.25) is 5.95 Å². The Kier molecular flexibility index (Phi) is 6.54. The number of hydrogen-bond donors (Lipinski definition) is 2. The maximum atomic E-state index is 9.96. The molecule has 1 aliphatic rings. The highest BCUT2D eigenvalue weighted by Crippen LogP contribution is 2.28. The first-order valence-electron chi connectivity index (χ1n) is 11.3. The molecule has 0 spiro atoms. The lowest BCUT2D eigenvalue weighted by Gasteiger charge is -2.27. The van der Waals surface area contributed by atoms with Gasteiger partial charge in [0, 0.05) is 36.5 Å². The summed E-state index contributed by atoms with van der Waals surface area (Å²) in [6.45, 7) is 3.24. The van der Waals surface area contributed by atoms with Gasteiger partial charge in [-0.2, -0.15) is 4.98 Å². The van der Waals surface area contributed by atoms with Gasteiger partial charge in [0.05, 0.1) is 18.9 Å². The number of phenolic OH excluding ortho intramolecular Hbond substituents is 1. The van der Waals surface area contributed by atoms with Crippen LogP contribution in [0.3, 0.4) is 0 Å². The predicted molar refractivity (Wildman–Crippen MR) is 133 cm³/mol. The van der Waals surface area contributed by atoms with Crippen molar-refractivity contribution >= 4 is 17.5 Å². The number of phenols is 1. The van der Waals surface area contributed by atoms with Gasteiger partial charge in [-0.1, -0.05) is 48.5 Å². The molecule has 7 nitrogen and oxygen atoms in total. The Balaban J connectivity index is 1.40. The number of ether oxygens (including phenoxy) is 2. The number of hydrogen-bond acceptors (Lipinski definition) is 7. The lowest BCUT2D eigenvalue weighted by Crippen LogP contribution is -2.37. The summed E-state index contributed by atoms with van der Waals surface area (Å²) in [7, 11) is 0. The number of aromatic hydroxyl groups is 1. The van der Waals surface area contributed by atoms with E-state index in [1.54, 1.807) is 12.1 Å². The van der Waals surface area contributed by atoms with Crippen LogP contribution in [0, 0.1) is 0 Å². The van der Waals surface area contributed by atoms with Crippen molar-refractivity contribution in [3.8, 4) is 22.8 Å². The molecule has 7 heteroatoms. The molecule has 2 heterocycles. The molecule has 0 bridgehead atoms. The summed E-state index contributed by atoms with van der Waals surface area (Å²) < 4.78 is 11.5. The summed E-state index contributed by atoms with van der Waals surface area (Å²) in [4.78, 5) is 11.7. The molecule has 0 saturated carbocycles. The predicted octanol–water partition coefficient (Wildman–Crippen LogP) is 5.01. The number of nitrogens with zero attached hydrogens (tertiary/aromatic N) is 3. The average molecular weight is 455 g/mol. The lowest BCUT2D eigenvalue weighted by molar-refractivity contribution is 0.122. The van der Waals surface area contributed by atoms with E-state index in [2.05, 4.69) is 10.2 Å². The summed E-state index contributed by atoms with van der Waals surface area (Å²) in [5.41, 5.74) is 3.52. The van der Waals surface area contributed by atoms with E-state index >= 15 is 0 Å². The standard InChI is InChI=1S/C27H26N4O3/c32-23-10-4-8-21(16-23)25-18-26(30-27(29-25)31-12-14-33-15-13-31)28-22-9-5-11-24(17-22)34-19-20-6-2-1-3-7-20/h1-11,16-18,32H,12-15,19H2,(H,28,29,30). The summed E-state index contributed by atoms with van der Waals surface area (Å²) >= 11 is 0. The number of rotatable bonds is 7. The molecular formula is C27H26N4O3. The third kappa shape index (κ3) is 5.44. The van der Waals surface area contributed by atoms with Crippen LogP contribution < -0.4 is 15.0 Å². The third-order valence-corrected chi connectivity index (χ3v) is 5.50. The van der Waals surface area contributed by atoms with E-state index in [4.69, 9.17) is 19.4 Å². The van der Waals surface area contributed by atoms with Crippen LogP contribution in [0.25, 0.3) is 11.3 Å². The highest BCUT2D eigenvalue weighted by Gasteiger charge is 2.17. The summed E-state index contributed by atoms with van der Waals surface area (Å²) in [6, 6.07) is 26.8. The van der Waals surface area contributed by atoms with Crippen LogP contribution in [-0.4, -0.2) is 41.4 Å². The normalized spacial score (nSPS) is 13.5. The zero-order valence-corrected chi connectivity index (χ0v) is 18.7. The van der Waals surface area contributed by atoms with Crippen molar-refractivity contribution in [1.82, 2.24) is 9.97 Å². The van der Waals surface area contributed by atoms with Crippen LogP contribution in [0.5, 0.6) is 11.5 Å². The van der Waals surface area contributed by atoms with E-state index in [0.29, 0.717) is 31.6 Å². The third-order valence-electron chi connectivity index (χ3n) is 5.50. The van der Waals surface area contributed by atoms with Gasteiger partial charge in [0.1, 0.15) is 23.9 Å². The molecule has 2 N–H and O–H groups in total. The Morgan fingerprint density at radius 1 is 0.882 bits per heavy atom. The topological polar surface area (TPSA) is 79.7 Å². The molecule has 1 aromatic heterocycles. The summed E-state index contributed by atoms with van der Waals surface area (Å²) in [6.07, 6.45) is 0. The van der Waals surface area contributed by atoms with E-state index in [9.17, 15) is 5.11 Å². The fourth-order valence-corrected chi connectivity index (χ4v) is 3.77. The van der Waals surface area contributed by atoms with Crippen LogP contribution in [-0.2, 0) is 11.3 Å². The molecule has 3 aromatic carbocycles. The second kappa shape index (κ2) is 10.2. The van der Waals surface area contributed by atoms with Gasteiger partial charge in [-0.05, 0) is 29.8 Å². The first-order chi connectivity index (χ1) is 16.7. The molecule has 4 aromatic rings. The smallest absolute Gasteiger partial charge is 0.228 e. The molecule has 1 aliphatic heterocycles. The van der Waals surface area contributed by atoms with Crippen molar-refractivity contribution in [2.24, 2.45) is 0 Å². The number of nitrogens with one attached hydrogen (secondary N) is 1. The van der Waals surface area contributed by atoms with Crippen LogP contribution >= 0.6 is 0 Å². The van der Waals surface area contributed by atoms with Crippen LogP contribution in [0.1, 0.15) is 5.56 Å². The molecule has 172 valence electrons. The average Bonchev–Trinajstić information content (AvgIpc) is 2.89. The summed E-state index contributed by atoms with van der Waals surface area (Å²) in [5.74, 6) is 2.25. The van der Waals surface area contributed by atoms with Gasteiger partial charge in [0.25, 0.3) is 0 Å². The van der Waals surface area contributed by atoms with Gasteiger partial charge in [-0.3, -0.25) is 0 Å². The number of morpholine rings is 1. The van der Waals surface area contributed by atoms with E-state index < -0.39 is 0 Å². The zero-order chi connectivity index (χ0) is 23.2. The number of aromatic nitrogens is 2. The van der Waals surface area contributed by atoms with E-state index in [0.717, 1.165) is 41.3 Å². The first kappa shape index (κ1) is 21.7. The second-order valence-corrected chi connectivity index (χ2v) is 8.02. The minimum absolute atomic E-state index is 0.196. The molecule has 1 saturated heterocycles. The van der Waals surface area contributed by atoms with Crippen molar-refractivity contribution in [1.29, 1.82) is 0 Å². The second-order valence-electron chi connectivity index (χ2n) is 8.02. The minimum atomic E-state index is 0.196. The van der Waals surface area contributed by atoms with E-state index in [-0.39, 0.29) is 5.75 Å². The minimum Gasteiger partial charge on any atom is -0.508 e. The Hall–Kier alpha value is -4.10. The first-order valence-corrected chi connectivity index (χ1v) is 11.3. The Bertz CT molecular complexity index is 1240. The largest absolute Gasteiger partial charge is 0.508 e. The monoisotopic (exact) mass is 454 g/mol. The van der Waals surface area contributed by atoms with Gasteiger partial charge >= 0.3 is 0 Å². The molecule has 0 amide bonds. The van der Waals surface area contributed by atoms with E-state index in [1.807, 2.05) is 72.8 Å². The van der Waals surface area contributed by atoms with Gasteiger partial charge in [0.15, 0.2) is 0 Å². The molecule has 1 fully saturated rings. The Morgan fingerprint density at radius 2 is 1.71 bits per heavy atom. The van der Waals surface area contributed by atoms with Crippen LogP contribution in [0.2, 0.25) is 0 Å². The summed E-state index contributed by atoms with van der Waals surface area (Å²) in [5, 5.41) is 13.4. The molecule has 0 atom stereocenters. The Labute approximate surface area is 198 Å². The molecular weight excluding hydrogens is 428 g/mol. The van der Waals surface area contributed by atoms with Crippen molar-refractivity contribution in [3.63, 3.8) is 0 Å². The molecule has 34 heavy (non-hydrogen) atoms. The molecule has 5 rings (SSSR count). The van der Waals surface area contributed by atoms with Crippen molar-refractivity contribution in [3.05, 3.63) is 90.5 Å². The van der Waals surface area contributed by atoms with Gasteiger partial charge in [-0.15, -0.1) is 0 Å². The maximum absolute atomic E-state index is 9.96. The number of anilines is 3. The van der Waals surface area contributed by atoms with Crippen molar-refractivity contribution < 1.29 is 14.6 Å². The fourth-order valence-electron chi connectivity index (χ4n) is 3.77. The maximum Gasteiger partial charge on any atom is 0.228 e. The quantitative estimate of drug-likeness (QED) is 0.406. The van der Waals surface area contributed by atoms with Crippen LogP contribution in [0.15, 0.2) is 84.9 Å². The SMILES string of the molecule is Oc1cccc(-c2cc(Nc3cccc(OCc4ccccc4)c3)nc(N3CCOCC3)n2)c1. The van der Waals surface area contributed by atoms with E-state index in [1.165, 1.54) is 0 Å². The number of benzene rings is 3. The van der Waals surface area contributed by atoms with Gasteiger partial charge in [-0.25, -0.2) is 4.98 Å². The highest BCUT2D eigenvalue weighted by atomic mass is 16.5. The van der Waals surface area contributed by atoms with Crippen molar-refractivity contribution in [2.75, 3.05) is 36.5 Å². The highest BCUT2D eigenvalue weighted by molar-refractivity contribution is 5.69. The Morgan fingerprint density at radius 3 is 2.53 bits per heavy atom. The molecule has 0 radical (unpaired) electrons. The molecule has 0 aliphatic carbocycles. The fraction of sp³-hybridized carbons (Fsp3) is 0.185.